The predicted molar refractivity (Wildman–Crippen MR) is 62.3 cm³/mol. The van der Waals surface area contributed by atoms with Gasteiger partial charge in [0.2, 0.25) is 0 Å². The van der Waals surface area contributed by atoms with Crippen LogP contribution in [0.5, 0.6) is 0 Å². The summed E-state index contributed by atoms with van der Waals surface area (Å²) in [6, 6.07) is 5.46. The maximum Gasteiger partial charge on any atom is 0.0718 e. The highest BCUT2D eigenvalue weighted by atomic mass is 35.5. The van der Waals surface area contributed by atoms with Gasteiger partial charge in [-0.3, -0.25) is 0 Å². The second kappa shape index (κ2) is 3.95. The fourth-order valence-electron chi connectivity index (χ4n) is 2.08. The molecule has 0 aliphatic heterocycles. The first kappa shape index (κ1) is 11.2. The molecule has 0 saturated heterocycles. The molecule has 0 heterocycles. The van der Waals surface area contributed by atoms with Crippen LogP contribution in [-0.4, -0.2) is 16.7 Å². The van der Waals surface area contributed by atoms with Crippen molar-refractivity contribution < 1.29 is 5.11 Å². The fourth-order valence-corrected chi connectivity index (χ4v) is 2.56. The Labute approximate surface area is 99.0 Å². The summed E-state index contributed by atoms with van der Waals surface area (Å²) in [4.78, 5) is 0. The number of benzene rings is 1. The highest BCUT2D eigenvalue weighted by molar-refractivity contribution is 6.35. The molecule has 0 amide bonds. The van der Waals surface area contributed by atoms with Gasteiger partial charge in [-0.2, -0.15) is 0 Å². The number of aliphatic hydroxyl groups is 1. The van der Waals surface area contributed by atoms with Crippen LogP contribution in [0.25, 0.3) is 0 Å². The fraction of sp³-hybridized carbons (Fsp3) is 0.455. The highest BCUT2D eigenvalue weighted by Crippen LogP contribution is 2.36. The second-order valence-corrected chi connectivity index (χ2v) is 5.15. The largest absolute Gasteiger partial charge is 0.389 e. The molecular formula is C11H13Cl2NO. The molecule has 2 rings (SSSR count). The standard InChI is InChI=1S/C11H13Cl2NO/c12-8-2-1-7(10(13)3-8)4-11(15)5-9(14)6-11/h1-3,9,15H,4-6,14H2. The lowest BCUT2D eigenvalue weighted by molar-refractivity contribution is -0.0454. The summed E-state index contributed by atoms with van der Waals surface area (Å²) >= 11 is 11.8. The van der Waals surface area contributed by atoms with Crippen molar-refractivity contribution >= 4 is 23.2 Å². The molecule has 3 N–H and O–H groups in total. The van der Waals surface area contributed by atoms with Gasteiger partial charge in [-0.25, -0.2) is 0 Å². The first-order chi connectivity index (χ1) is 6.98. The number of hydrogen-bond acceptors (Lipinski definition) is 2. The van der Waals surface area contributed by atoms with Gasteiger partial charge in [0.25, 0.3) is 0 Å². The van der Waals surface area contributed by atoms with E-state index < -0.39 is 5.60 Å². The van der Waals surface area contributed by atoms with E-state index in [4.69, 9.17) is 28.9 Å². The second-order valence-electron chi connectivity index (χ2n) is 4.31. The van der Waals surface area contributed by atoms with Gasteiger partial charge in [-0.1, -0.05) is 29.3 Å². The Bertz CT molecular complexity index is 375. The van der Waals surface area contributed by atoms with Crippen LogP contribution in [0.15, 0.2) is 18.2 Å². The van der Waals surface area contributed by atoms with E-state index in [0.29, 0.717) is 29.3 Å². The third kappa shape index (κ3) is 2.45. The quantitative estimate of drug-likeness (QED) is 0.841. The monoisotopic (exact) mass is 245 g/mol. The molecule has 1 aliphatic carbocycles. The minimum Gasteiger partial charge on any atom is -0.389 e. The third-order valence-corrected chi connectivity index (χ3v) is 3.41. The summed E-state index contributed by atoms with van der Waals surface area (Å²) in [6.45, 7) is 0. The van der Waals surface area contributed by atoms with E-state index >= 15 is 0 Å². The van der Waals surface area contributed by atoms with Gasteiger partial charge in [-0.05, 0) is 30.5 Å². The van der Waals surface area contributed by atoms with Crippen molar-refractivity contribution in [1.29, 1.82) is 0 Å². The van der Waals surface area contributed by atoms with Crippen LogP contribution in [-0.2, 0) is 6.42 Å². The van der Waals surface area contributed by atoms with E-state index in [1.165, 1.54) is 0 Å². The zero-order chi connectivity index (χ0) is 11.1. The average molecular weight is 246 g/mol. The number of nitrogens with two attached hydrogens (primary N) is 1. The number of rotatable bonds is 2. The van der Waals surface area contributed by atoms with Crippen LogP contribution in [0.2, 0.25) is 10.0 Å². The molecule has 15 heavy (non-hydrogen) atoms. The SMILES string of the molecule is NC1CC(O)(Cc2ccc(Cl)cc2Cl)C1. The minimum atomic E-state index is -0.670. The van der Waals surface area contributed by atoms with E-state index in [0.717, 1.165) is 5.56 Å². The summed E-state index contributed by atoms with van der Waals surface area (Å²) < 4.78 is 0. The molecule has 1 fully saturated rings. The zero-order valence-corrected chi connectivity index (χ0v) is 9.72. The summed E-state index contributed by atoms with van der Waals surface area (Å²) in [6.07, 6.45) is 1.84. The number of hydrogen-bond donors (Lipinski definition) is 2. The lowest BCUT2D eigenvalue weighted by Gasteiger charge is -2.42. The van der Waals surface area contributed by atoms with Gasteiger partial charge < -0.3 is 10.8 Å². The van der Waals surface area contributed by atoms with Crippen LogP contribution in [0.3, 0.4) is 0 Å². The highest BCUT2D eigenvalue weighted by Gasteiger charge is 2.40. The van der Waals surface area contributed by atoms with Crippen LogP contribution < -0.4 is 5.73 Å². The van der Waals surface area contributed by atoms with Crippen molar-refractivity contribution in [3.8, 4) is 0 Å². The van der Waals surface area contributed by atoms with Crippen molar-refractivity contribution in [2.24, 2.45) is 5.73 Å². The van der Waals surface area contributed by atoms with E-state index in [-0.39, 0.29) is 6.04 Å². The Kier molecular flexibility index (Phi) is 2.95. The molecule has 0 radical (unpaired) electrons. The Morgan fingerprint density at radius 3 is 2.60 bits per heavy atom. The Morgan fingerprint density at radius 2 is 2.07 bits per heavy atom. The zero-order valence-electron chi connectivity index (χ0n) is 8.21. The van der Waals surface area contributed by atoms with E-state index in [1.54, 1.807) is 12.1 Å². The van der Waals surface area contributed by atoms with Crippen molar-refractivity contribution in [2.45, 2.75) is 30.9 Å². The number of halogens is 2. The summed E-state index contributed by atoms with van der Waals surface area (Å²) in [7, 11) is 0. The Balaban J connectivity index is 2.11. The van der Waals surface area contributed by atoms with Crippen molar-refractivity contribution in [3.63, 3.8) is 0 Å². The lowest BCUT2D eigenvalue weighted by Crippen LogP contribution is -2.52. The molecule has 1 aromatic carbocycles. The smallest absolute Gasteiger partial charge is 0.0718 e. The topological polar surface area (TPSA) is 46.2 Å². The Morgan fingerprint density at radius 1 is 1.40 bits per heavy atom. The van der Waals surface area contributed by atoms with E-state index in [1.807, 2.05) is 6.07 Å². The van der Waals surface area contributed by atoms with Crippen molar-refractivity contribution in [2.75, 3.05) is 0 Å². The molecule has 1 saturated carbocycles. The molecule has 4 heteroatoms. The third-order valence-electron chi connectivity index (χ3n) is 2.82. The van der Waals surface area contributed by atoms with E-state index in [9.17, 15) is 5.11 Å². The van der Waals surface area contributed by atoms with Gasteiger partial charge in [0.15, 0.2) is 0 Å². The predicted octanol–water partition coefficient (Wildman–Crippen LogP) is 2.39. The molecule has 0 aromatic heterocycles. The molecule has 0 atom stereocenters. The van der Waals surface area contributed by atoms with Gasteiger partial charge in [0.05, 0.1) is 5.60 Å². The molecular weight excluding hydrogens is 233 g/mol. The lowest BCUT2D eigenvalue weighted by atomic mass is 9.73. The van der Waals surface area contributed by atoms with Crippen LogP contribution >= 0.6 is 23.2 Å². The van der Waals surface area contributed by atoms with Crippen LogP contribution in [0.4, 0.5) is 0 Å². The molecule has 0 bridgehead atoms. The molecule has 82 valence electrons. The van der Waals surface area contributed by atoms with Gasteiger partial charge in [0.1, 0.15) is 0 Å². The Hall–Kier alpha value is -0.280. The van der Waals surface area contributed by atoms with Crippen LogP contribution in [0.1, 0.15) is 18.4 Å². The van der Waals surface area contributed by atoms with Gasteiger partial charge in [-0.15, -0.1) is 0 Å². The summed E-state index contributed by atoms with van der Waals surface area (Å²) in [5.41, 5.74) is 5.91. The van der Waals surface area contributed by atoms with Crippen LogP contribution in [0, 0.1) is 0 Å². The molecule has 1 aliphatic rings. The maximum absolute atomic E-state index is 10.1. The van der Waals surface area contributed by atoms with Gasteiger partial charge in [0, 0.05) is 22.5 Å². The first-order valence-electron chi connectivity index (χ1n) is 4.90. The minimum absolute atomic E-state index is 0.126. The maximum atomic E-state index is 10.1. The van der Waals surface area contributed by atoms with Crippen molar-refractivity contribution in [3.05, 3.63) is 33.8 Å². The summed E-state index contributed by atoms with van der Waals surface area (Å²) in [5.74, 6) is 0. The summed E-state index contributed by atoms with van der Waals surface area (Å²) in [5, 5.41) is 11.3. The molecule has 2 nitrogen and oxygen atoms in total. The molecule has 0 spiro atoms. The van der Waals surface area contributed by atoms with Gasteiger partial charge >= 0.3 is 0 Å². The normalized spacial score (nSPS) is 30.0. The molecule has 1 aromatic rings. The average Bonchev–Trinajstić information content (AvgIpc) is 2.08. The van der Waals surface area contributed by atoms with E-state index in [2.05, 4.69) is 0 Å². The first-order valence-corrected chi connectivity index (χ1v) is 5.66. The molecule has 0 unspecified atom stereocenters. The van der Waals surface area contributed by atoms with Crippen molar-refractivity contribution in [1.82, 2.24) is 0 Å².